The SMILES string of the molecule is Cc1ccc(-c2ccc(C)c(O)c2C)c(O)c1. The van der Waals surface area contributed by atoms with Gasteiger partial charge in [-0.05, 0) is 49.1 Å². The highest BCUT2D eigenvalue weighted by Crippen LogP contribution is 2.36. The van der Waals surface area contributed by atoms with Crippen molar-refractivity contribution in [2.75, 3.05) is 0 Å². The minimum Gasteiger partial charge on any atom is -0.507 e. The maximum Gasteiger partial charge on any atom is 0.123 e. The van der Waals surface area contributed by atoms with Crippen LogP contribution in [0, 0.1) is 20.8 Å². The predicted octanol–water partition coefficient (Wildman–Crippen LogP) is 3.69. The van der Waals surface area contributed by atoms with Crippen LogP contribution < -0.4 is 0 Å². The van der Waals surface area contributed by atoms with Gasteiger partial charge in [0.2, 0.25) is 0 Å². The molecule has 0 saturated heterocycles. The van der Waals surface area contributed by atoms with Crippen LogP contribution in [0.5, 0.6) is 11.5 Å². The molecule has 88 valence electrons. The van der Waals surface area contributed by atoms with Crippen LogP contribution in [0.15, 0.2) is 30.3 Å². The predicted molar refractivity (Wildman–Crippen MR) is 69.4 cm³/mol. The van der Waals surface area contributed by atoms with Crippen LogP contribution in [0.25, 0.3) is 11.1 Å². The Morgan fingerprint density at radius 2 is 1.47 bits per heavy atom. The first kappa shape index (κ1) is 11.5. The molecule has 0 heterocycles. The van der Waals surface area contributed by atoms with Gasteiger partial charge in [-0.1, -0.05) is 24.3 Å². The van der Waals surface area contributed by atoms with Gasteiger partial charge in [0.15, 0.2) is 0 Å². The molecule has 0 fully saturated rings. The molecule has 0 saturated carbocycles. The lowest BCUT2D eigenvalue weighted by atomic mass is 9.96. The van der Waals surface area contributed by atoms with Gasteiger partial charge in [-0.25, -0.2) is 0 Å². The van der Waals surface area contributed by atoms with E-state index >= 15 is 0 Å². The standard InChI is InChI=1S/C15H16O2/c1-9-4-6-13(14(16)8-9)12-7-5-10(2)15(17)11(12)3/h4-8,16-17H,1-3H3. The van der Waals surface area contributed by atoms with Gasteiger partial charge >= 0.3 is 0 Å². The normalized spacial score (nSPS) is 10.5. The third-order valence-corrected chi connectivity index (χ3v) is 3.08. The van der Waals surface area contributed by atoms with Crippen molar-refractivity contribution in [1.82, 2.24) is 0 Å². The Morgan fingerprint density at radius 1 is 0.824 bits per heavy atom. The maximum atomic E-state index is 9.95. The highest BCUT2D eigenvalue weighted by Gasteiger charge is 2.11. The number of aryl methyl sites for hydroxylation is 2. The number of benzene rings is 2. The van der Waals surface area contributed by atoms with E-state index in [0.29, 0.717) is 5.75 Å². The van der Waals surface area contributed by atoms with E-state index in [2.05, 4.69) is 0 Å². The fraction of sp³-hybridized carbons (Fsp3) is 0.200. The number of phenolic OH excluding ortho intramolecular Hbond substituents is 2. The van der Waals surface area contributed by atoms with Crippen LogP contribution in [0.4, 0.5) is 0 Å². The minimum atomic E-state index is 0.247. The molecule has 0 radical (unpaired) electrons. The molecule has 0 aliphatic carbocycles. The molecule has 2 nitrogen and oxygen atoms in total. The molecule has 2 aromatic rings. The zero-order chi connectivity index (χ0) is 12.6. The Balaban J connectivity index is 2.65. The van der Waals surface area contributed by atoms with E-state index < -0.39 is 0 Å². The summed E-state index contributed by atoms with van der Waals surface area (Å²) in [6.45, 7) is 5.65. The summed E-state index contributed by atoms with van der Waals surface area (Å²) in [7, 11) is 0. The second-order valence-electron chi connectivity index (χ2n) is 4.42. The third-order valence-electron chi connectivity index (χ3n) is 3.08. The van der Waals surface area contributed by atoms with Crippen LogP contribution in [0.2, 0.25) is 0 Å². The molecule has 2 N–H and O–H groups in total. The van der Waals surface area contributed by atoms with Crippen molar-refractivity contribution >= 4 is 0 Å². The summed E-state index contributed by atoms with van der Waals surface area (Å²) in [5.74, 6) is 0.541. The Morgan fingerprint density at radius 3 is 2.12 bits per heavy atom. The molecule has 0 unspecified atom stereocenters. The average Bonchev–Trinajstić information content (AvgIpc) is 2.28. The summed E-state index contributed by atoms with van der Waals surface area (Å²) < 4.78 is 0. The number of aromatic hydroxyl groups is 2. The molecule has 0 atom stereocenters. The van der Waals surface area contributed by atoms with Gasteiger partial charge in [0.25, 0.3) is 0 Å². The molecule has 2 rings (SSSR count). The van der Waals surface area contributed by atoms with Crippen molar-refractivity contribution in [3.05, 3.63) is 47.0 Å². The summed E-state index contributed by atoms with van der Waals surface area (Å²) in [5.41, 5.74) is 4.27. The van der Waals surface area contributed by atoms with Gasteiger partial charge in [-0.15, -0.1) is 0 Å². The van der Waals surface area contributed by atoms with Crippen LogP contribution in [-0.2, 0) is 0 Å². The number of rotatable bonds is 1. The van der Waals surface area contributed by atoms with Crippen molar-refractivity contribution in [1.29, 1.82) is 0 Å². The number of hydrogen-bond donors (Lipinski definition) is 2. The molecule has 2 aromatic carbocycles. The Bertz CT molecular complexity index is 571. The highest BCUT2D eigenvalue weighted by atomic mass is 16.3. The summed E-state index contributed by atoms with van der Waals surface area (Å²) >= 11 is 0. The van der Waals surface area contributed by atoms with Gasteiger partial charge in [-0.3, -0.25) is 0 Å². The fourth-order valence-electron chi connectivity index (χ4n) is 2.00. The van der Waals surface area contributed by atoms with E-state index in [-0.39, 0.29) is 5.75 Å². The second-order valence-corrected chi connectivity index (χ2v) is 4.42. The zero-order valence-corrected chi connectivity index (χ0v) is 10.3. The van der Waals surface area contributed by atoms with Crippen molar-refractivity contribution in [2.45, 2.75) is 20.8 Å². The van der Waals surface area contributed by atoms with Crippen molar-refractivity contribution in [2.24, 2.45) is 0 Å². The van der Waals surface area contributed by atoms with Gasteiger partial charge in [0, 0.05) is 5.56 Å². The summed E-state index contributed by atoms with van der Waals surface area (Å²) in [6, 6.07) is 9.34. The van der Waals surface area contributed by atoms with Crippen LogP contribution in [0.1, 0.15) is 16.7 Å². The Hall–Kier alpha value is -1.96. The number of hydrogen-bond acceptors (Lipinski definition) is 2. The largest absolute Gasteiger partial charge is 0.507 e. The molecular weight excluding hydrogens is 212 g/mol. The molecule has 0 aliphatic heterocycles. The lowest BCUT2D eigenvalue weighted by Crippen LogP contribution is -1.88. The average molecular weight is 228 g/mol. The Labute approximate surface area is 101 Å². The van der Waals surface area contributed by atoms with Crippen molar-refractivity contribution < 1.29 is 10.2 Å². The Kier molecular flexibility index (Phi) is 2.80. The van der Waals surface area contributed by atoms with E-state index in [0.717, 1.165) is 27.8 Å². The monoisotopic (exact) mass is 228 g/mol. The maximum absolute atomic E-state index is 9.95. The smallest absolute Gasteiger partial charge is 0.123 e. The quantitative estimate of drug-likeness (QED) is 0.781. The van der Waals surface area contributed by atoms with E-state index in [1.807, 2.05) is 45.0 Å². The van der Waals surface area contributed by atoms with Crippen LogP contribution in [-0.4, -0.2) is 10.2 Å². The topological polar surface area (TPSA) is 40.5 Å². The van der Waals surface area contributed by atoms with Gasteiger partial charge in [0.05, 0.1) is 0 Å². The van der Waals surface area contributed by atoms with Crippen LogP contribution in [0.3, 0.4) is 0 Å². The number of phenols is 2. The van der Waals surface area contributed by atoms with E-state index in [9.17, 15) is 10.2 Å². The first-order chi connectivity index (χ1) is 8.00. The molecule has 2 heteroatoms. The fourth-order valence-corrected chi connectivity index (χ4v) is 2.00. The summed E-state index contributed by atoms with van der Waals surface area (Å²) in [4.78, 5) is 0. The lowest BCUT2D eigenvalue weighted by Gasteiger charge is -2.11. The van der Waals surface area contributed by atoms with E-state index in [1.54, 1.807) is 6.07 Å². The molecule has 0 bridgehead atoms. The molecular formula is C15H16O2. The molecule has 0 aliphatic rings. The van der Waals surface area contributed by atoms with Crippen LogP contribution >= 0.6 is 0 Å². The van der Waals surface area contributed by atoms with Gasteiger partial charge in [-0.2, -0.15) is 0 Å². The molecule has 0 aromatic heterocycles. The van der Waals surface area contributed by atoms with E-state index in [4.69, 9.17) is 0 Å². The molecule has 0 amide bonds. The van der Waals surface area contributed by atoms with Crippen molar-refractivity contribution in [3.8, 4) is 22.6 Å². The minimum absolute atomic E-state index is 0.247. The first-order valence-electron chi connectivity index (χ1n) is 5.60. The summed E-state index contributed by atoms with van der Waals surface area (Å²) in [5, 5.41) is 19.9. The highest BCUT2D eigenvalue weighted by molar-refractivity contribution is 5.75. The summed E-state index contributed by atoms with van der Waals surface area (Å²) in [6.07, 6.45) is 0. The third kappa shape index (κ3) is 1.98. The van der Waals surface area contributed by atoms with E-state index in [1.165, 1.54) is 0 Å². The lowest BCUT2D eigenvalue weighted by molar-refractivity contribution is 0.466. The van der Waals surface area contributed by atoms with Crippen molar-refractivity contribution in [3.63, 3.8) is 0 Å². The zero-order valence-electron chi connectivity index (χ0n) is 10.3. The molecule has 0 spiro atoms. The first-order valence-corrected chi connectivity index (χ1v) is 5.60. The van der Waals surface area contributed by atoms with Gasteiger partial charge in [0.1, 0.15) is 11.5 Å². The molecule has 17 heavy (non-hydrogen) atoms. The second kappa shape index (κ2) is 4.13. The van der Waals surface area contributed by atoms with Gasteiger partial charge < -0.3 is 10.2 Å².